The molecule has 0 bridgehead atoms. The number of amides is 3. The Balaban J connectivity index is 2.07. The van der Waals surface area contributed by atoms with Crippen molar-refractivity contribution < 1.29 is 19.1 Å². The van der Waals surface area contributed by atoms with Gasteiger partial charge in [0.1, 0.15) is 18.2 Å². The van der Waals surface area contributed by atoms with E-state index in [2.05, 4.69) is 10.3 Å². The molecule has 1 saturated heterocycles. The van der Waals surface area contributed by atoms with E-state index in [4.69, 9.17) is 4.74 Å². The first-order chi connectivity index (χ1) is 9.78. The number of nitrogens with zero attached hydrogens (tertiary/aromatic N) is 2. The molecule has 21 heavy (non-hydrogen) atoms. The first-order valence-electron chi connectivity index (χ1n) is 6.51. The number of hydrogen-bond donors (Lipinski definition) is 1. The molecular weight excluding hydrogens is 274 g/mol. The van der Waals surface area contributed by atoms with E-state index < -0.39 is 36.1 Å². The topological polar surface area (TPSA) is 88.6 Å². The zero-order valence-electron chi connectivity index (χ0n) is 12.1. The predicted molar refractivity (Wildman–Crippen MR) is 73.1 cm³/mol. The minimum atomic E-state index is -0.811. The molecule has 1 atom stereocenters. The SMILES string of the molecule is CC(C)(C)OC(=O)CN1C(=O)NC(c2cccnc2)C1=O. The number of carbonyl (C=O) groups is 3. The molecule has 0 saturated carbocycles. The summed E-state index contributed by atoms with van der Waals surface area (Å²) in [6.45, 7) is 4.75. The Hall–Kier alpha value is -2.44. The van der Waals surface area contributed by atoms with Crippen LogP contribution in [0.2, 0.25) is 0 Å². The summed E-state index contributed by atoms with van der Waals surface area (Å²) in [6, 6.07) is 1.94. The van der Waals surface area contributed by atoms with Crippen molar-refractivity contribution in [3.8, 4) is 0 Å². The van der Waals surface area contributed by atoms with Gasteiger partial charge in [-0.2, -0.15) is 0 Å². The lowest BCUT2D eigenvalue weighted by Crippen LogP contribution is -2.38. The van der Waals surface area contributed by atoms with Gasteiger partial charge in [-0.3, -0.25) is 19.5 Å². The van der Waals surface area contributed by atoms with Gasteiger partial charge in [0.05, 0.1) is 0 Å². The lowest BCUT2D eigenvalue weighted by molar-refractivity contribution is -0.157. The van der Waals surface area contributed by atoms with Crippen LogP contribution in [0.5, 0.6) is 0 Å². The second-order valence-corrected chi connectivity index (χ2v) is 5.68. The van der Waals surface area contributed by atoms with Gasteiger partial charge >= 0.3 is 12.0 Å². The molecule has 1 N–H and O–H groups in total. The monoisotopic (exact) mass is 291 g/mol. The Kier molecular flexibility index (Phi) is 3.93. The Morgan fingerprint density at radius 2 is 2.14 bits per heavy atom. The second-order valence-electron chi connectivity index (χ2n) is 5.68. The molecule has 1 aliphatic heterocycles. The fourth-order valence-electron chi connectivity index (χ4n) is 1.94. The van der Waals surface area contributed by atoms with Crippen LogP contribution in [0.3, 0.4) is 0 Å². The number of ether oxygens (including phenoxy) is 1. The molecule has 0 spiro atoms. The van der Waals surface area contributed by atoms with E-state index in [1.165, 1.54) is 6.20 Å². The van der Waals surface area contributed by atoms with Crippen LogP contribution >= 0.6 is 0 Å². The standard InChI is InChI=1S/C14H17N3O4/c1-14(2,3)21-10(18)8-17-12(19)11(16-13(17)20)9-5-4-6-15-7-9/h4-7,11H,8H2,1-3H3,(H,16,20). The van der Waals surface area contributed by atoms with Gasteiger partial charge in [-0.25, -0.2) is 4.79 Å². The smallest absolute Gasteiger partial charge is 0.326 e. The van der Waals surface area contributed by atoms with Crippen molar-refractivity contribution in [2.75, 3.05) is 6.54 Å². The number of urea groups is 1. The molecule has 0 radical (unpaired) electrons. The molecule has 112 valence electrons. The molecule has 7 heteroatoms. The lowest BCUT2D eigenvalue weighted by Gasteiger charge is -2.21. The number of hydrogen-bond acceptors (Lipinski definition) is 5. The third kappa shape index (κ3) is 3.56. The summed E-state index contributed by atoms with van der Waals surface area (Å²) in [5.41, 5.74) is -0.0958. The van der Waals surface area contributed by atoms with Crippen molar-refractivity contribution in [3.05, 3.63) is 30.1 Å². The third-order valence-corrected chi connectivity index (χ3v) is 2.75. The van der Waals surface area contributed by atoms with Crippen LogP contribution in [0.15, 0.2) is 24.5 Å². The molecule has 7 nitrogen and oxygen atoms in total. The van der Waals surface area contributed by atoms with Crippen molar-refractivity contribution in [2.24, 2.45) is 0 Å². The fraction of sp³-hybridized carbons (Fsp3) is 0.429. The average molecular weight is 291 g/mol. The zero-order chi connectivity index (χ0) is 15.6. The number of imide groups is 1. The molecule has 1 aliphatic rings. The van der Waals surface area contributed by atoms with Crippen LogP contribution in [-0.2, 0) is 14.3 Å². The van der Waals surface area contributed by atoms with Crippen molar-refractivity contribution >= 4 is 17.9 Å². The van der Waals surface area contributed by atoms with Crippen molar-refractivity contribution in [1.82, 2.24) is 15.2 Å². The predicted octanol–water partition coefficient (Wildman–Crippen LogP) is 1.02. The van der Waals surface area contributed by atoms with Crippen LogP contribution < -0.4 is 5.32 Å². The fourth-order valence-corrected chi connectivity index (χ4v) is 1.94. The summed E-state index contributed by atoms with van der Waals surface area (Å²) < 4.78 is 5.11. The number of rotatable bonds is 3. The van der Waals surface area contributed by atoms with E-state index in [9.17, 15) is 14.4 Å². The molecule has 1 unspecified atom stereocenters. The average Bonchev–Trinajstić information content (AvgIpc) is 2.66. The van der Waals surface area contributed by atoms with Gasteiger partial charge in [0.15, 0.2) is 0 Å². The third-order valence-electron chi connectivity index (χ3n) is 2.75. The maximum absolute atomic E-state index is 12.2. The Labute approximate surface area is 122 Å². The minimum Gasteiger partial charge on any atom is -0.459 e. The summed E-state index contributed by atoms with van der Waals surface area (Å²) in [7, 11) is 0. The Morgan fingerprint density at radius 3 is 2.71 bits per heavy atom. The molecular formula is C14H17N3O4. The van der Waals surface area contributed by atoms with Crippen LogP contribution in [0.1, 0.15) is 32.4 Å². The first-order valence-corrected chi connectivity index (χ1v) is 6.51. The number of nitrogens with one attached hydrogen (secondary N) is 1. The quantitative estimate of drug-likeness (QED) is 0.663. The molecule has 2 heterocycles. The van der Waals surface area contributed by atoms with E-state index in [0.29, 0.717) is 5.56 Å². The van der Waals surface area contributed by atoms with Gasteiger partial charge < -0.3 is 10.1 Å². The lowest BCUT2D eigenvalue weighted by atomic mass is 10.1. The van der Waals surface area contributed by atoms with Gasteiger partial charge in [-0.15, -0.1) is 0 Å². The highest BCUT2D eigenvalue weighted by Crippen LogP contribution is 2.21. The molecule has 2 rings (SSSR count). The van der Waals surface area contributed by atoms with Gasteiger partial charge in [0.25, 0.3) is 5.91 Å². The summed E-state index contributed by atoms with van der Waals surface area (Å²) in [5.74, 6) is -1.11. The van der Waals surface area contributed by atoms with Gasteiger partial charge in [-0.05, 0) is 26.8 Å². The molecule has 0 aliphatic carbocycles. The summed E-state index contributed by atoms with van der Waals surface area (Å²) in [6.07, 6.45) is 3.07. The van der Waals surface area contributed by atoms with Gasteiger partial charge in [0.2, 0.25) is 0 Å². The summed E-state index contributed by atoms with van der Waals surface area (Å²) in [5, 5.41) is 2.53. The van der Waals surface area contributed by atoms with E-state index in [1.54, 1.807) is 39.1 Å². The minimum absolute atomic E-state index is 0.404. The van der Waals surface area contributed by atoms with Crippen LogP contribution in [0, 0.1) is 0 Å². The number of aromatic nitrogens is 1. The van der Waals surface area contributed by atoms with Crippen molar-refractivity contribution in [1.29, 1.82) is 0 Å². The van der Waals surface area contributed by atoms with Crippen LogP contribution in [-0.4, -0.2) is 39.9 Å². The van der Waals surface area contributed by atoms with Crippen molar-refractivity contribution in [3.63, 3.8) is 0 Å². The highest BCUT2D eigenvalue weighted by molar-refractivity contribution is 6.06. The van der Waals surface area contributed by atoms with Crippen LogP contribution in [0.25, 0.3) is 0 Å². The molecule has 1 aromatic rings. The summed E-state index contributed by atoms with van der Waals surface area (Å²) in [4.78, 5) is 40.6. The zero-order valence-corrected chi connectivity index (χ0v) is 12.1. The number of esters is 1. The molecule has 1 fully saturated rings. The highest BCUT2D eigenvalue weighted by atomic mass is 16.6. The normalized spacial score (nSPS) is 18.6. The van der Waals surface area contributed by atoms with E-state index in [-0.39, 0.29) is 0 Å². The van der Waals surface area contributed by atoms with Gasteiger partial charge in [-0.1, -0.05) is 6.07 Å². The van der Waals surface area contributed by atoms with Crippen molar-refractivity contribution in [2.45, 2.75) is 32.4 Å². The van der Waals surface area contributed by atoms with E-state index in [1.807, 2.05) is 0 Å². The Morgan fingerprint density at radius 1 is 1.43 bits per heavy atom. The molecule has 0 aromatic carbocycles. The van der Waals surface area contributed by atoms with E-state index >= 15 is 0 Å². The first kappa shape index (κ1) is 15.0. The second kappa shape index (κ2) is 5.51. The number of pyridine rings is 1. The Bertz CT molecular complexity index is 565. The largest absolute Gasteiger partial charge is 0.459 e. The highest BCUT2D eigenvalue weighted by Gasteiger charge is 2.40. The maximum atomic E-state index is 12.2. The van der Waals surface area contributed by atoms with Gasteiger partial charge in [0, 0.05) is 18.0 Å². The molecule has 3 amide bonds. The van der Waals surface area contributed by atoms with E-state index in [0.717, 1.165) is 4.90 Å². The summed E-state index contributed by atoms with van der Waals surface area (Å²) >= 11 is 0. The molecule has 1 aromatic heterocycles. The maximum Gasteiger partial charge on any atom is 0.326 e. The van der Waals surface area contributed by atoms with Crippen LogP contribution in [0.4, 0.5) is 4.79 Å². The number of carbonyl (C=O) groups excluding carboxylic acids is 3.